The van der Waals surface area contributed by atoms with Gasteiger partial charge in [0.15, 0.2) is 11.5 Å². The molecule has 0 saturated carbocycles. The molecule has 1 rings (SSSR count). The maximum absolute atomic E-state index is 11.1. The first-order valence-corrected chi connectivity index (χ1v) is 7.10. The fraction of sp³-hybridized carbons (Fsp3) is 0.294. The number of rotatable bonds is 8. The average molecular weight is 319 g/mol. The first-order valence-electron chi connectivity index (χ1n) is 7.10. The lowest BCUT2D eigenvalue weighted by atomic mass is 10.1. The van der Waals surface area contributed by atoms with E-state index in [2.05, 4.69) is 11.9 Å². The topological polar surface area (TPSA) is 84.9 Å². The summed E-state index contributed by atoms with van der Waals surface area (Å²) in [7, 11) is 0. The van der Waals surface area contributed by atoms with Gasteiger partial charge in [0.2, 0.25) is 5.91 Å². The van der Waals surface area contributed by atoms with Crippen molar-refractivity contribution in [1.82, 2.24) is 5.32 Å². The molecule has 1 aromatic rings. The number of carbonyl (C=O) groups excluding carboxylic acids is 1. The molecule has 124 valence electrons. The maximum Gasteiger partial charge on any atom is 0.352 e. The summed E-state index contributed by atoms with van der Waals surface area (Å²) in [6, 6.07) is 5.02. The minimum atomic E-state index is -1.22. The Morgan fingerprint density at radius 1 is 1.26 bits per heavy atom. The van der Waals surface area contributed by atoms with Crippen molar-refractivity contribution >= 4 is 18.0 Å². The lowest BCUT2D eigenvalue weighted by Crippen LogP contribution is -2.24. The van der Waals surface area contributed by atoms with Gasteiger partial charge >= 0.3 is 5.97 Å². The van der Waals surface area contributed by atoms with E-state index < -0.39 is 11.9 Å². The van der Waals surface area contributed by atoms with E-state index in [1.165, 1.54) is 13.0 Å². The quantitative estimate of drug-likeness (QED) is 0.568. The van der Waals surface area contributed by atoms with Gasteiger partial charge in [-0.1, -0.05) is 12.6 Å². The number of carbonyl (C=O) groups is 2. The second kappa shape index (κ2) is 8.63. The average Bonchev–Trinajstić information content (AvgIpc) is 2.45. The first-order chi connectivity index (χ1) is 10.8. The number of nitrogens with one attached hydrogen (secondary N) is 1. The van der Waals surface area contributed by atoms with Crippen molar-refractivity contribution in [2.24, 2.45) is 0 Å². The summed E-state index contributed by atoms with van der Waals surface area (Å²) in [6.45, 7) is 9.51. The molecule has 0 aliphatic heterocycles. The van der Waals surface area contributed by atoms with Gasteiger partial charge in [-0.2, -0.15) is 0 Å². The van der Waals surface area contributed by atoms with Gasteiger partial charge in [-0.05, 0) is 43.2 Å². The van der Waals surface area contributed by atoms with Crippen LogP contribution >= 0.6 is 0 Å². The molecule has 0 bridgehead atoms. The highest BCUT2D eigenvalue weighted by Crippen LogP contribution is 2.29. The van der Waals surface area contributed by atoms with Crippen LogP contribution in [0, 0.1) is 0 Å². The van der Waals surface area contributed by atoms with E-state index >= 15 is 0 Å². The van der Waals surface area contributed by atoms with Crippen molar-refractivity contribution in [1.29, 1.82) is 0 Å². The summed E-state index contributed by atoms with van der Waals surface area (Å²) in [4.78, 5) is 22.2. The fourth-order valence-electron chi connectivity index (χ4n) is 1.71. The number of aliphatic carboxylic acids is 1. The number of carboxylic acid groups (broad SMARTS) is 1. The smallest absolute Gasteiger partial charge is 0.352 e. The molecule has 0 unspecified atom stereocenters. The Kier molecular flexibility index (Phi) is 6.86. The van der Waals surface area contributed by atoms with Crippen molar-refractivity contribution < 1.29 is 24.2 Å². The van der Waals surface area contributed by atoms with Crippen molar-refractivity contribution in [3.63, 3.8) is 0 Å². The van der Waals surface area contributed by atoms with E-state index in [9.17, 15) is 9.59 Å². The summed E-state index contributed by atoms with van der Waals surface area (Å²) >= 11 is 0. The third-order valence-corrected chi connectivity index (χ3v) is 2.59. The Morgan fingerprint density at radius 3 is 2.48 bits per heavy atom. The monoisotopic (exact) mass is 319 g/mol. The van der Waals surface area contributed by atoms with Gasteiger partial charge in [-0.15, -0.1) is 0 Å². The van der Waals surface area contributed by atoms with Crippen LogP contribution in [0.2, 0.25) is 0 Å². The second-order valence-electron chi connectivity index (χ2n) is 4.93. The minimum absolute atomic E-state index is 0.212. The zero-order chi connectivity index (χ0) is 17.4. The summed E-state index contributed by atoms with van der Waals surface area (Å²) in [5.74, 6) is -0.635. The third-order valence-electron chi connectivity index (χ3n) is 2.59. The minimum Gasteiger partial charge on any atom is -0.490 e. The van der Waals surface area contributed by atoms with Gasteiger partial charge < -0.3 is 19.9 Å². The van der Waals surface area contributed by atoms with E-state index in [1.807, 2.05) is 13.8 Å². The Morgan fingerprint density at radius 2 is 1.96 bits per heavy atom. The predicted molar refractivity (Wildman–Crippen MR) is 87.3 cm³/mol. The predicted octanol–water partition coefficient (Wildman–Crippen LogP) is 2.60. The van der Waals surface area contributed by atoms with Crippen LogP contribution in [0.5, 0.6) is 11.5 Å². The van der Waals surface area contributed by atoms with Gasteiger partial charge in [0.25, 0.3) is 0 Å². The van der Waals surface area contributed by atoms with E-state index in [0.29, 0.717) is 30.3 Å². The molecule has 0 aliphatic rings. The van der Waals surface area contributed by atoms with Gasteiger partial charge in [-0.3, -0.25) is 4.79 Å². The number of carboxylic acids is 1. The van der Waals surface area contributed by atoms with Crippen LogP contribution in [0.15, 0.2) is 36.0 Å². The summed E-state index contributed by atoms with van der Waals surface area (Å²) in [6.07, 6.45) is 1.36. The molecule has 0 aliphatic carbocycles. The van der Waals surface area contributed by atoms with Crippen LogP contribution in [-0.4, -0.2) is 30.2 Å². The Balaban J connectivity index is 3.12. The molecule has 1 amide bonds. The molecular weight excluding hydrogens is 298 g/mol. The van der Waals surface area contributed by atoms with Crippen molar-refractivity contribution in [3.05, 3.63) is 41.6 Å². The standard InChI is InChI=1S/C17H21NO5/c1-5-22-16-9-13(6-7-15(16)23-10-11(2)3)8-14(17(20)21)18-12(4)19/h6-9H,2,5,10H2,1,3-4H3,(H,18,19)(H,20,21). The summed E-state index contributed by atoms with van der Waals surface area (Å²) in [5.41, 5.74) is 1.23. The molecule has 6 nitrogen and oxygen atoms in total. The van der Waals surface area contributed by atoms with Crippen LogP contribution in [0.4, 0.5) is 0 Å². The Labute approximate surface area is 135 Å². The fourth-order valence-corrected chi connectivity index (χ4v) is 1.71. The Hall–Kier alpha value is -2.76. The van der Waals surface area contributed by atoms with Crippen LogP contribution < -0.4 is 14.8 Å². The zero-order valence-corrected chi connectivity index (χ0v) is 13.5. The van der Waals surface area contributed by atoms with E-state index in [1.54, 1.807) is 18.2 Å². The second-order valence-corrected chi connectivity index (χ2v) is 4.93. The normalized spacial score (nSPS) is 10.8. The highest BCUT2D eigenvalue weighted by atomic mass is 16.5. The zero-order valence-electron chi connectivity index (χ0n) is 13.5. The lowest BCUT2D eigenvalue weighted by Gasteiger charge is -2.13. The molecule has 2 N–H and O–H groups in total. The van der Waals surface area contributed by atoms with Crippen LogP contribution in [0.1, 0.15) is 26.3 Å². The highest BCUT2D eigenvalue weighted by Gasteiger charge is 2.11. The molecule has 0 spiro atoms. The molecule has 0 saturated heterocycles. The van der Waals surface area contributed by atoms with Gasteiger partial charge in [0.05, 0.1) is 6.61 Å². The molecule has 0 heterocycles. The number of amides is 1. The van der Waals surface area contributed by atoms with Crippen LogP contribution in [-0.2, 0) is 9.59 Å². The first kappa shape index (κ1) is 18.3. The number of hydrogen-bond donors (Lipinski definition) is 2. The van der Waals surface area contributed by atoms with Gasteiger partial charge in [-0.25, -0.2) is 4.79 Å². The molecule has 0 fully saturated rings. The molecule has 0 atom stereocenters. The summed E-state index contributed by atoms with van der Waals surface area (Å²) in [5, 5.41) is 11.4. The Bertz CT molecular complexity index is 634. The van der Waals surface area contributed by atoms with Gasteiger partial charge in [0, 0.05) is 6.92 Å². The molecule has 0 aromatic heterocycles. The summed E-state index contributed by atoms with van der Waals surface area (Å²) < 4.78 is 11.1. The number of hydrogen-bond acceptors (Lipinski definition) is 4. The van der Waals surface area contributed by atoms with Gasteiger partial charge in [0.1, 0.15) is 12.3 Å². The number of ether oxygens (including phenoxy) is 2. The lowest BCUT2D eigenvalue weighted by molar-refractivity contribution is -0.134. The largest absolute Gasteiger partial charge is 0.490 e. The van der Waals surface area contributed by atoms with E-state index in [0.717, 1.165) is 5.57 Å². The molecule has 1 aromatic carbocycles. The molecular formula is C17H21NO5. The maximum atomic E-state index is 11.1. The highest BCUT2D eigenvalue weighted by molar-refractivity contribution is 5.96. The van der Waals surface area contributed by atoms with E-state index in [-0.39, 0.29) is 5.70 Å². The molecule has 6 heteroatoms. The van der Waals surface area contributed by atoms with Crippen LogP contribution in [0.25, 0.3) is 6.08 Å². The van der Waals surface area contributed by atoms with Crippen molar-refractivity contribution in [3.8, 4) is 11.5 Å². The number of benzene rings is 1. The van der Waals surface area contributed by atoms with Crippen molar-refractivity contribution in [2.75, 3.05) is 13.2 Å². The third kappa shape index (κ3) is 6.25. The molecule has 0 radical (unpaired) electrons. The van der Waals surface area contributed by atoms with E-state index in [4.69, 9.17) is 14.6 Å². The van der Waals surface area contributed by atoms with Crippen molar-refractivity contribution in [2.45, 2.75) is 20.8 Å². The molecule has 23 heavy (non-hydrogen) atoms. The van der Waals surface area contributed by atoms with Crippen LogP contribution in [0.3, 0.4) is 0 Å². The SMILES string of the molecule is C=C(C)COc1ccc(C=C(NC(C)=O)C(=O)O)cc1OCC.